The Morgan fingerprint density at radius 1 is 1.32 bits per heavy atom. The summed E-state index contributed by atoms with van der Waals surface area (Å²) < 4.78 is 11.2. The molecular weight excluding hydrogens is 320 g/mol. The first-order chi connectivity index (χ1) is 12.2. The van der Waals surface area contributed by atoms with Crippen molar-refractivity contribution >= 4 is 28.5 Å². The molecule has 7 nitrogen and oxygen atoms in total. The fourth-order valence-corrected chi connectivity index (χ4v) is 3.11. The number of nitrogens with two attached hydrogens (primary N) is 1. The number of anilines is 2. The van der Waals surface area contributed by atoms with Gasteiger partial charge in [-0.2, -0.15) is 0 Å². The van der Waals surface area contributed by atoms with E-state index in [2.05, 4.69) is 10.3 Å². The third-order valence-corrected chi connectivity index (χ3v) is 4.30. The first-order valence-electron chi connectivity index (χ1n) is 7.99. The minimum Gasteiger partial charge on any atom is -0.456 e. The van der Waals surface area contributed by atoms with E-state index in [-0.39, 0.29) is 6.03 Å². The third kappa shape index (κ3) is 2.58. The average Bonchev–Trinajstić information content (AvgIpc) is 3.01. The Balaban J connectivity index is 1.87. The molecule has 25 heavy (non-hydrogen) atoms. The van der Waals surface area contributed by atoms with E-state index in [4.69, 9.17) is 14.9 Å². The molecule has 0 fully saturated rings. The smallest absolute Gasteiger partial charge is 0.322 e. The van der Waals surface area contributed by atoms with Gasteiger partial charge in [0.25, 0.3) is 0 Å². The monoisotopic (exact) mass is 338 g/mol. The number of carbonyl (C=O) groups is 1. The SMILES string of the molecule is COCCN1C(=O)NC(c2ccc(N)nc2)c2oc3ccccc3c21. The van der Waals surface area contributed by atoms with Crippen molar-refractivity contribution in [2.45, 2.75) is 6.04 Å². The van der Waals surface area contributed by atoms with Crippen molar-refractivity contribution < 1.29 is 13.9 Å². The van der Waals surface area contributed by atoms with E-state index in [0.29, 0.717) is 24.7 Å². The van der Waals surface area contributed by atoms with E-state index < -0.39 is 6.04 Å². The van der Waals surface area contributed by atoms with Crippen LogP contribution in [0.2, 0.25) is 0 Å². The highest BCUT2D eigenvalue weighted by molar-refractivity contribution is 6.05. The summed E-state index contributed by atoms with van der Waals surface area (Å²) in [5, 5.41) is 3.89. The zero-order chi connectivity index (χ0) is 17.4. The van der Waals surface area contributed by atoms with Crippen molar-refractivity contribution in [2.24, 2.45) is 0 Å². The van der Waals surface area contributed by atoms with Crippen molar-refractivity contribution in [1.82, 2.24) is 10.3 Å². The lowest BCUT2D eigenvalue weighted by Crippen LogP contribution is -2.47. The van der Waals surface area contributed by atoms with Gasteiger partial charge in [-0.15, -0.1) is 0 Å². The second kappa shape index (κ2) is 6.10. The van der Waals surface area contributed by atoms with Gasteiger partial charge >= 0.3 is 6.03 Å². The molecule has 2 aromatic heterocycles. The minimum atomic E-state index is -0.415. The molecule has 0 saturated carbocycles. The Labute approximate surface area is 144 Å². The zero-order valence-electron chi connectivity index (χ0n) is 13.7. The van der Waals surface area contributed by atoms with Gasteiger partial charge in [-0.1, -0.05) is 18.2 Å². The van der Waals surface area contributed by atoms with Crippen molar-refractivity contribution in [1.29, 1.82) is 0 Å². The molecule has 7 heteroatoms. The fraction of sp³-hybridized carbons (Fsp3) is 0.222. The van der Waals surface area contributed by atoms with Crippen LogP contribution in [0.15, 0.2) is 47.0 Å². The summed E-state index contributed by atoms with van der Waals surface area (Å²) in [6, 6.07) is 10.6. The number of furan rings is 1. The van der Waals surface area contributed by atoms with Crippen LogP contribution in [0.25, 0.3) is 11.0 Å². The maximum Gasteiger partial charge on any atom is 0.322 e. The molecule has 4 rings (SSSR count). The van der Waals surface area contributed by atoms with Crippen LogP contribution < -0.4 is 16.0 Å². The summed E-state index contributed by atoms with van der Waals surface area (Å²) in [6.45, 7) is 0.867. The summed E-state index contributed by atoms with van der Waals surface area (Å²) >= 11 is 0. The second-order valence-electron chi connectivity index (χ2n) is 5.85. The fourth-order valence-electron chi connectivity index (χ4n) is 3.11. The summed E-state index contributed by atoms with van der Waals surface area (Å²) in [5.41, 5.74) is 8.00. The van der Waals surface area contributed by atoms with Crippen LogP contribution in [0, 0.1) is 0 Å². The third-order valence-electron chi connectivity index (χ3n) is 4.30. The van der Waals surface area contributed by atoms with Gasteiger partial charge in [-0.05, 0) is 18.2 Å². The number of benzene rings is 1. The number of methoxy groups -OCH3 is 1. The molecule has 1 aliphatic heterocycles. The highest BCUT2D eigenvalue weighted by Gasteiger charge is 2.36. The molecule has 3 heterocycles. The topological polar surface area (TPSA) is 93.6 Å². The summed E-state index contributed by atoms with van der Waals surface area (Å²) in [7, 11) is 1.61. The van der Waals surface area contributed by atoms with Gasteiger partial charge < -0.3 is 20.2 Å². The number of nitrogen functional groups attached to an aromatic ring is 1. The zero-order valence-corrected chi connectivity index (χ0v) is 13.7. The molecule has 0 bridgehead atoms. The molecule has 1 aromatic carbocycles. The number of nitrogens with one attached hydrogen (secondary N) is 1. The molecule has 0 radical (unpaired) electrons. The van der Waals surface area contributed by atoms with Crippen LogP contribution >= 0.6 is 0 Å². The van der Waals surface area contributed by atoms with Crippen LogP contribution in [0.4, 0.5) is 16.3 Å². The number of urea groups is 1. The van der Waals surface area contributed by atoms with Crippen molar-refractivity contribution in [3.8, 4) is 0 Å². The lowest BCUT2D eigenvalue weighted by atomic mass is 10.0. The summed E-state index contributed by atoms with van der Waals surface area (Å²) in [5.74, 6) is 1.11. The number of amides is 2. The summed E-state index contributed by atoms with van der Waals surface area (Å²) in [4.78, 5) is 18.5. The maximum atomic E-state index is 12.7. The van der Waals surface area contributed by atoms with Gasteiger partial charge in [0.2, 0.25) is 0 Å². The Morgan fingerprint density at radius 2 is 2.16 bits per heavy atom. The molecule has 3 aromatic rings. The number of hydrogen-bond donors (Lipinski definition) is 2. The molecule has 2 amide bonds. The number of pyridine rings is 1. The number of para-hydroxylation sites is 1. The Bertz CT molecular complexity index is 920. The van der Waals surface area contributed by atoms with Crippen LogP contribution in [0.1, 0.15) is 17.4 Å². The van der Waals surface area contributed by atoms with Gasteiger partial charge in [-0.3, -0.25) is 4.90 Å². The molecule has 1 aliphatic rings. The first kappa shape index (κ1) is 15.5. The second-order valence-corrected chi connectivity index (χ2v) is 5.85. The molecule has 0 spiro atoms. The number of aromatic nitrogens is 1. The highest BCUT2D eigenvalue weighted by atomic mass is 16.5. The van der Waals surface area contributed by atoms with E-state index in [1.54, 1.807) is 24.3 Å². The number of carbonyl (C=O) groups excluding carboxylic acids is 1. The lowest BCUT2D eigenvalue weighted by molar-refractivity contribution is 0.201. The number of nitrogens with zero attached hydrogens (tertiary/aromatic N) is 2. The van der Waals surface area contributed by atoms with Crippen LogP contribution in [0.3, 0.4) is 0 Å². The maximum absolute atomic E-state index is 12.7. The van der Waals surface area contributed by atoms with E-state index >= 15 is 0 Å². The number of fused-ring (bicyclic) bond motifs is 3. The van der Waals surface area contributed by atoms with Crippen LogP contribution in [0.5, 0.6) is 0 Å². The molecule has 0 saturated heterocycles. The van der Waals surface area contributed by atoms with Gasteiger partial charge in [0.05, 0.1) is 18.8 Å². The molecular formula is C18H18N4O3. The Morgan fingerprint density at radius 3 is 2.92 bits per heavy atom. The number of hydrogen-bond acceptors (Lipinski definition) is 5. The average molecular weight is 338 g/mol. The predicted octanol–water partition coefficient (Wildman–Crippen LogP) is 2.68. The predicted molar refractivity (Wildman–Crippen MR) is 94.5 cm³/mol. The molecule has 3 N–H and O–H groups in total. The van der Waals surface area contributed by atoms with Gasteiger partial charge in [-0.25, -0.2) is 9.78 Å². The van der Waals surface area contributed by atoms with Crippen LogP contribution in [-0.2, 0) is 4.74 Å². The van der Waals surface area contributed by atoms with Gasteiger partial charge in [0.1, 0.15) is 17.4 Å². The normalized spacial score (nSPS) is 16.8. The van der Waals surface area contributed by atoms with Gasteiger partial charge in [0.15, 0.2) is 5.76 Å². The highest BCUT2D eigenvalue weighted by Crippen LogP contribution is 2.42. The Kier molecular flexibility index (Phi) is 3.77. The first-order valence-corrected chi connectivity index (χ1v) is 7.99. The van der Waals surface area contributed by atoms with E-state index in [9.17, 15) is 4.79 Å². The quantitative estimate of drug-likeness (QED) is 0.763. The summed E-state index contributed by atoms with van der Waals surface area (Å²) in [6.07, 6.45) is 1.65. The molecule has 1 unspecified atom stereocenters. The van der Waals surface area contributed by atoms with Gasteiger partial charge in [0, 0.05) is 24.3 Å². The molecule has 1 atom stereocenters. The van der Waals surface area contributed by atoms with Crippen molar-refractivity contribution in [2.75, 3.05) is 30.9 Å². The van der Waals surface area contributed by atoms with E-state index in [1.807, 2.05) is 30.3 Å². The van der Waals surface area contributed by atoms with Crippen LogP contribution in [-0.4, -0.2) is 31.3 Å². The van der Waals surface area contributed by atoms with E-state index in [0.717, 1.165) is 22.2 Å². The minimum absolute atomic E-state index is 0.196. The largest absolute Gasteiger partial charge is 0.456 e. The van der Waals surface area contributed by atoms with Crippen molar-refractivity contribution in [3.63, 3.8) is 0 Å². The number of rotatable bonds is 4. The lowest BCUT2D eigenvalue weighted by Gasteiger charge is -2.32. The molecule has 128 valence electrons. The Hall–Kier alpha value is -3.06. The number of ether oxygens (including phenoxy) is 1. The molecule has 0 aliphatic carbocycles. The van der Waals surface area contributed by atoms with E-state index in [1.165, 1.54) is 0 Å². The van der Waals surface area contributed by atoms with Crippen molar-refractivity contribution in [3.05, 3.63) is 53.9 Å². The standard InChI is InChI=1S/C18H18N4O3/c1-24-9-8-22-16-12-4-2-3-5-13(12)25-17(16)15(21-18(22)23)11-6-7-14(19)20-10-11/h2-7,10,15H,8-9H2,1H3,(H2,19,20)(H,21,23).